The van der Waals surface area contributed by atoms with E-state index >= 15 is 0 Å². The molecule has 0 saturated heterocycles. The number of nitrogens with zero attached hydrogens (tertiary/aromatic N) is 3. The Bertz CT molecular complexity index is 1000. The molecule has 30 heavy (non-hydrogen) atoms. The predicted octanol–water partition coefficient (Wildman–Crippen LogP) is 3.83. The second-order valence-corrected chi connectivity index (χ2v) is 6.58. The predicted molar refractivity (Wildman–Crippen MR) is 114 cm³/mol. The SMILES string of the molecule is C/C=C\C(=C/C)CN(Cc1ccc(F)cc1)C(=O)ONN1c2cnc(N)c(C=N)c21. The zero-order chi connectivity index (χ0) is 21.7. The van der Waals surface area contributed by atoms with E-state index in [9.17, 15) is 9.18 Å². The highest BCUT2D eigenvalue weighted by atomic mass is 19.1. The molecule has 0 fully saturated rings. The summed E-state index contributed by atoms with van der Waals surface area (Å²) in [4.78, 5) is 23.5. The molecule has 1 amide bonds. The van der Waals surface area contributed by atoms with Crippen LogP contribution in [0.5, 0.6) is 0 Å². The van der Waals surface area contributed by atoms with Gasteiger partial charge in [0.15, 0.2) is 0 Å². The number of amides is 1. The first-order valence-corrected chi connectivity index (χ1v) is 9.31. The molecule has 3 rings (SSSR count). The van der Waals surface area contributed by atoms with E-state index in [-0.39, 0.29) is 18.2 Å². The lowest BCUT2D eigenvalue weighted by Gasteiger charge is -2.23. The van der Waals surface area contributed by atoms with Crippen LogP contribution in [0.3, 0.4) is 0 Å². The summed E-state index contributed by atoms with van der Waals surface area (Å²) in [6.07, 6.45) is 7.71. The van der Waals surface area contributed by atoms with Gasteiger partial charge < -0.3 is 16.0 Å². The van der Waals surface area contributed by atoms with Gasteiger partial charge in [-0.1, -0.05) is 35.9 Å². The Hall–Kier alpha value is -3.72. The molecule has 0 atom stereocenters. The van der Waals surface area contributed by atoms with E-state index in [1.165, 1.54) is 28.2 Å². The number of halogens is 1. The van der Waals surface area contributed by atoms with E-state index < -0.39 is 6.09 Å². The highest BCUT2D eigenvalue weighted by Gasteiger charge is 2.35. The quantitative estimate of drug-likeness (QED) is 0.264. The van der Waals surface area contributed by atoms with Crippen molar-refractivity contribution in [3.63, 3.8) is 0 Å². The van der Waals surface area contributed by atoms with E-state index in [4.69, 9.17) is 16.0 Å². The van der Waals surface area contributed by atoms with Crippen molar-refractivity contribution >= 4 is 29.5 Å². The van der Waals surface area contributed by atoms with E-state index in [1.54, 1.807) is 12.1 Å². The summed E-state index contributed by atoms with van der Waals surface area (Å²) in [5.74, 6) is -0.117. The fourth-order valence-corrected chi connectivity index (χ4v) is 2.93. The van der Waals surface area contributed by atoms with Crippen LogP contribution < -0.4 is 16.3 Å². The summed E-state index contributed by atoms with van der Waals surface area (Å²) >= 11 is 0. The maximum absolute atomic E-state index is 13.2. The van der Waals surface area contributed by atoms with Crippen LogP contribution in [0.2, 0.25) is 0 Å². The summed E-state index contributed by atoms with van der Waals surface area (Å²) in [5.41, 5.74) is 11.8. The van der Waals surface area contributed by atoms with Gasteiger partial charge in [0.2, 0.25) is 0 Å². The molecule has 156 valence electrons. The first kappa shape index (κ1) is 21.0. The topological polar surface area (TPSA) is 107 Å². The number of anilines is 3. The molecule has 1 aromatic carbocycles. The van der Waals surface area contributed by atoms with Gasteiger partial charge in [0, 0.05) is 19.3 Å². The van der Waals surface area contributed by atoms with Crippen LogP contribution >= 0.6 is 0 Å². The smallest absolute Gasteiger partial charge is 0.383 e. The number of nitrogens with one attached hydrogen (secondary N) is 2. The molecule has 0 unspecified atom stereocenters. The van der Waals surface area contributed by atoms with Crippen molar-refractivity contribution in [1.29, 1.82) is 5.41 Å². The zero-order valence-electron chi connectivity index (χ0n) is 16.7. The third kappa shape index (κ3) is 4.64. The molecule has 2 aromatic rings. The Morgan fingerprint density at radius 2 is 2.10 bits per heavy atom. The highest BCUT2D eigenvalue weighted by Crippen LogP contribution is 2.48. The molecule has 1 aromatic heterocycles. The van der Waals surface area contributed by atoms with Gasteiger partial charge >= 0.3 is 6.09 Å². The van der Waals surface area contributed by atoms with E-state index in [2.05, 4.69) is 10.6 Å². The van der Waals surface area contributed by atoms with Gasteiger partial charge in [-0.25, -0.2) is 19.2 Å². The summed E-state index contributed by atoms with van der Waals surface area (Å²) < 4.78 is 13.2. The van der Waals surface area contributed by atoms with Crippen molar-refractivity contribution < 1.29 is 14.0 Å². The lowest BCUT2D eigenvalue weighted by atomic mass is 10.2. The van der Waals surface area contributed by atoms with Crippen molar-refractivity contribution in [2.75, 3.05) is 17.3 Å². The molecule has 0 aliphatic carbocycles. The van der Waals surface area contributed by atoms with E-state index in [0.29, 0.717) is 23.5 Å². The van der Waals surface area contributed by atoms with Crippen molar-refractivity contribution in [2.45, 2.75) is 20.4 Å². The minimum atomic E-state index is -0.613. The van der Waals surface area contributed by atoms with Crippen LogP contribution in [0.25, 0.3) is 0 Å². The van der Waals surface area contributed by atoms with Gasteiger partial charge in [-0.2, -0.15) is 0 Å². The number of carbonyl (C=O) groups excluding carboxylic acids is 1. The number of rotatable bonds is 8. The Balaban J connectivity index is 1.70. The maximum atomic E-state index is 13.2. The summed E-state index contributed by atoms with van der Waals surface area (Å²) in [6, 6.07) is 5.95. The second-order valence-electron chi connectivity index (χ2n) is 6.58. The maximum Gasteiger partial charge on any atom is 0.430 e. The summed E-state index contributed by atoms with van der Waals surface area (Å²) in [5, 5.41) is 8.94. The molecule has 9 heteroatoms. The van der Waals surface area contributed by atoms with Gasteiger partial charge in [0.05, 0.1) is 11.8 Å². The Kier molecular flexibility index (Phi) is 6.43. The lowest BCUT2D eigenvalue weighted by Crippen LogP contribution is -2.38. The van der Waals surface area contributed by atoms with Gasteiger partial charge in [-0.15, -0.1) is 0 Å². The normalized spacial score (nSPS) is 12.6. The highest BCUT2D eigenvalue weighted by molar-refractivity contribution is 6.06. The first-order chi connectivity index (χ1) is 14.5. The van der Waals surface area contributed by atoms with Crippen LogP contribution in [0.15, 0.2) is 54.3 Å². The Labute approximate surface area is 173 Å². The third-order valence-electron chi connectivity index (χ3n) is 4.55. The minimum Gasteiger partial charge on any atom is -0.383 e. The van der Waals surface area contributed by atoms with Crippen molar-refractivity contribution in [3.05, 3.63) is 71.2 Å². The number of fused-ring (bicyclic) bond motifs is 1. The first-order valence-electron chi connectivity index (χ1n) is 9.31. The molecular formula is C21H23FN6O2. The van der Waals surface area contributed by atoms with Gasteiger partial charge in [-0.05, 0) is 37.1 Å². The van der Waals surface area contributed by atoms with Crippen molar-refractivity contribution in [2.24, 2.45) is 0 Å². The van der Waals surface area contributed by atoms with Crippen molar-refractivity contribution in [1.82, 2.24) is 15.5 Å². The number of carbonyl (C=O) groups is 1. The van der Waals surface area contributed by atoms with Crippen molar-refractivity contribution in [3.8, 4) is 0 Å². The molecule has 2 heterocycles. The molecule has 8 nitrogen and oxygen atoms in total. The van der Waals surface area contributed by atoms with Gasteiger partial charge in [-0.3, -0.25) is 4.90 Å². The zero-order valence-corrected chi connectivity index (χ0v) is 16.7. The van der Waals surface area contributed by atoms with Crippen LogP contribution in [-0.4, -0.2) is 28.7 Å². The van der Waals surface area contributed by atoms with Gasteiger partial charge in [0.1, 0.15) is 23.0 Å². The monoisotopic (exact) mass is 410 g/mol. The number of pyridine rings is 1. The number of benzene rings is 1. The van der Waals surface area contributed by atoms with Crippen LogP contribution in [0, 0.1) is 11.2 Å². The summed E-state index contributed by atoms with van der Waals surface area (Å²) in [7, 11) is 0. The fourth-order valence-electron chi connectivity index (χ4n) is 2.93. The molecule has 0 saturated carbocycles. The molecule has 4 N–H and O–H groups in total. The largest absolute Gasteiger partial charge is 0.430 e. The molecule has 1 aliphatic rings. The summed E-state index contributed by atoms with van der Waals surface area (Å²) in [6.45, 7) is 4.33. The number of hydrogen-bond acceptors (Lipinski definition) is 7. The van der Waals surface area contributed by atoms with Crippen LogP contribution in [-0.2, 0) is 11.4 Å². The minimum absolute atomic E-state index is 0.224. The Morgan fingerprint density at radius 1 is 1.37 bits per heavy atom. The molecular weight excluding hydrogens is 387 g/mol. The molecule has 0 radical (unpaired) electrons. The standard InChI is InChI=1S/C21H23FN6O2/c1-3-5-14(4-2)12-27(13-15-6-8-16(22)9-7-15)21(29)30-26-28-18-11-25-20(24)17(10-23)19(18)28/h3-11,23,26H,12-13H2,1-2H3,(H2,24,25)/b5-3-,14-4+,23-10?. The molecule has 1 aliphatic heterocycles. The fraction of sp³-hybridized carbons (Fsp3) is 0.190. The molecule has 0 spiro atoms. The third-order valence-corrected chi connectivity index (χ3v) is 4.55. The number of nitrogen functional groups attached to an aromatic ring is 1. The number of allylic oxidation sites excluding steroid dienone is 2. The second kappa shape index (κ2) is 9.19. The average Bonchev–Trinajstić information content (AvgIpc) is 3.45. The number of aromatic nitrogens is 1. The van der Waals surface area contributed by atoms with Gasteiger partial charge in [0.25, 0.3) is 0 Å². The molecule has 0 bridgehead atoms. The average molecular weight is 410 g/mol. The number of hydrazine groups is 1. The van der Waals surface area contributed by atoms with E-state index in [0.717, 1.165) is 17.4 Å². The van der Waals surface area contributed by atoms with E-state index in [1.807, 2.05) is 32.1 Å². The lowest BCUT2D eigenvalue weighted by molar-refractivity contribution is 0.0588. The number of nitrogens with two attached hydrogens (primary N) is 1. The Morgan fingerprint density at radius 3 is 2.73 bits per heavy atom. The van der Waals surface area contributed by atoms with Crippen LogP contribution in [0.1, 0.15) is 25.0 Å². The number of hydrogen-bond donors (Lipinski definition) is 3. The van der Waals surface area contributed by atoms with Crippen LogP contribution in [0.4, 0.5) is 26.4 Å².